The lowest BCUT2D eigenvalue weighted by atomic mass is 10.1. The molecule has 1 heterocycles. The number of benzene rings is 1. The number of rotatable bonds is 4. The van der Waals surface area contributed by atoms with E-state index >= 15 is 0 Å². The Morgan fingerprint density at radius 1 is 1.38 bits per heavy atom. The van der Waals surface area contributed by atoms with Crippen LogP contribution in [0.4, 0.5) is 8.78 Å². The summed E-state index contributed by atoms with van der Waals surface area (Å²) in [7, 11) is 0. The largest absolute Gasteiger partial charge is 0.435 e. The van der Waals surface area contributed by atoms with E-state index in [2.05, 4.69) is 4.74 Å². The van der Waals surface area contributed by atoms with Gasteiger partial charge in [-0.25, -0.2) is 0 Å². The van der Waals surface area contributed by atoms with Gasteiger partial charge >= 0.3 is 6.61 Å². The highest BCUT2D eigenvalue weighted by Gasteiger charge is 2.21. The summed E-state index contributed by atoms with van der Waals surface area (Å²) in [5.74, 6) is 0.110. The van der Waals surface area contributed by atoms with Gasteiger partial charge in [0.15, 0.2) is 0 Å². The molecule has 1 aromatic carbocycles. The SMILES string of the molecule is Cl.NC1CCCN(C(=O)Cc2ccc(OC(F)F)cc2)C1. The molecule has 1 aliphatic rings. The van der Waals surface area contributed by atoms with Gasteiger partial charge in [0, 0.05) is 19.1 Å². The molecule has 1 amide bonds. The van der Waals surface area contributed by atoms with Crippen molar-refractivity contribution in [3.63, 3.8) is 0 Å². The van der Waals surface area contributed by atoms with E-state index in [9.17, 15) is 13.6 Å². The average Bonchev–Trinajstić information content (AvgIpc) is 2.40. The summed E-state index contributed by atoms with van der Waals surface area (Å²) in [5, 5.41) is 0. The number of nitrogens with zero attached hydrogens (tertiary/aromatic N) is 1. The molecule has 21 heavy (non-hydrogen) atoms. The first-order valence-corrected chi connectivity index (χ1v) is 6.61. The fraction of sp³-hybridized carbons (Fsp3) is 0.500. The van der Waals surface area contributed by atoms with Gasteiger partial charge in [-0.05, 0) is 30.5 Å². The van der Waals surface area contributed by atoms with E-state index in [1.54, 1.807) is 17.0 Å². The van der Waals surface area contributed by atoms with E-state index in [4.69, 9.17) is 5.73 Å². The number of carbonyl (C=O) groups excluding carboxylic acids is 1. The van der Waals surface area contributed by atoms with Crippen molar-refractivity contribution in [1.82, 2.24) is 4.90 Å². The Morgan fingerprint density at radius 3 is 2.62 bits per heavy atom. The molecule has 1 aliphatic heterocycles. The molecule has 4 nitrogen and oxygen atoms in total. The number of ether oxygens (including phenoxy) is 1. The van der Waals surface area contributed by atoms with Gasteiger partial charge in [-0.2, -0.15) is 8.78 Å². The van der Waals surface area contributed by atoms with E-state index in [1.807, 2.05) is 0 Å². The van der Waals surface area contributed by atoms with Crippen LogP contribution in [0, 0.1) is 0 Å². The number of carbonyl (C=O) groups is 1. The number of likely N-dealkylation sites (tertiary alicyclic amines) is 1. The van der Waals surface area contributed by atoms with Gasteiger partial charge in [0.1, 0.15) is 5.75 Å². The number of halogens is 3. The highest BCUT2D eigenvalue weighted by Crippen LogP contribution is 2.16. The number of amides is 1. The van der Waals surface area contributed by atoms with Gasteiger partial charge in [-0.3, -0.25) is 4.79 Å². The summed E-state index contributed by atoms with van der Waals surface area (Å²) in [6.07, 6.45) is 2.12. The Morgan fingerprint density at radius 2 is 2.05 bits per heavy atom. The lowest BCUT2D eigenvalue weighted by molar-refractivity contribution is -0.131. The standard InChI is InChI=1S/C14H18F2N2O2.ClH/c15-14(16)20-12-5-3-10(4-6-12)8-13(19)18-7-1-2-11(17)9-18;/h3-6,11,14H,1-2,7-9,17H2;1H. The van der Waals surface area contributed by atoms with Crippen LogP contribution in [0.15, 0.2) is 24.3 Å². The third kappa shape index (κ3) is 5.47. The van der Waals surface area contributed by atoms with Crippen LogP contribution in [0.2, 0.25) is 0 Å². The van der Waals surface area contributed by atoms with Crippen LogP contribution in [-0.4, -0.2) is 36.5 Å². The van der Waals surface area contributed by atoms with Gasteiger partial charge in [0.2, 0.25) is 5.91 Å². The molecule has 118 valence electrons. The highest BCUT2D eigenvalue weighted by molar-refractivity contribution is 5.85. The minimum atomic E-state index is -2.84. The number of piperidine rings is 1. The average molecular weight is 321 g/mol. The van der Waals surface area contributed by atoms with Crippen LogP contribution in [0.25, 0.3) is 0 Å². The van der Waals surface area contributed by atoms with Crippen LogP contribution < -0.4 is 10.5 Å². The van der Waals surface area contributed by atoms with Crippen LogP contribution in [0.3, 0.4) is 0 Å². The third-order valence-corrected chi connectivity index (χ3v) is 3.31. The van der Waals surface area contributed by atoms with Crippen LogP contribution in [-0.2, 0) is 11.2 Å². The van der Waals surface area contributed by atoms with Crippen molar-refractivity contribution in [1.29, 1.82) is 0 Å². The molecule has 0 bridgehead atoms. The quantitative estimate of drug-likeness (QED) is 0.925. The van der Waals surface area contributed by atoms with Crippen LogP contribution in [0.1, 0.15) is 18.4 Å². The summed E-state index contributed by atoms with van der Waals surface area (Å²) in [4.78, 5) is 13.9. The number of nitrogens with two attached hydrogens (primary N) is 1. The number of alkyl halides is 2. The fourth-order valence-electron chi connectivity index (χ4n) is 2.31. The van der Waals surface area contributed by atoms with Gasteiger partial charge in [0.05, 0.1) is 6.42 Å². The number of hydrogen-bond acceptors (Lipinski definition) is 3. The van der Waals surface area contributed by atoms with Crippen molar-refractivity contribution in [2.75, 3.05) is 13.1 Å². The normalized spacial score (nSPS) is 18.3. The zero-order valence-electron chi connectivity index (χ0n) is 11.5. The Labute approximate surface area is 128 Å². The molecule has 2 N–H and O–H groups in total. The van der Waals surface area contributed by atoms with E-state index in [-0.39, 0.29) is 36.5 Å². The lowest BCUT2D eigenvalue weighted by Crippen LogP contribution is -2.46. The number of hydrogen-bond donors (Lipinski definition) is 1. The summed E-state index contributed by atoms with van der Waals surface area (Å²) >= 11 is 0. The smallest absolute Gasteiger partial charge is 0.387 e. The van der Waals surface area contributed by atoms with Gasteiger partial charge < -0.3 is 15.4 Å². The summed E-state index contributed by atoms with van der Waals surface area (Å²) in [6, 6.07) is 6.18. The van der Waals surface area contributed by atoms with Crippen LogP contribution in [0.5, 0.6) is 5.75 Å². The topological polar surface area (TPSA) is 55.6 Å². The molecule has 0 aromatic heterocycles. The summed E-state index contributed by atoms with van der Waals surface area (Å²) < 4.78 is 28.3. The van der Waals surface area contributed by atoms with Crippen LogP contribution >= 0.6 is 12.4 Å². The predicted octanol–water partition coefficient (Wildman–Crippen LogP) is 2.20. The highest BCUT2D eigenvalue weighted by atomic mass is 35.5. The van der Waals surface area contributed by atoms with Gasteiger partial charge in [-0.1, -0.05) is 12.1 Å². The molecule has 0 aliphatic carbocycles. The molecule has 0 radical (unpaired) electrons. The lowest BCUT2D eigenvalue weighted by Gasteiger charge is -2.30. The van der Waals surface area contributed by atoms with E-state index < -0.39 is 6.61 Å². The van der Waals surface area contributed by atoms with Crippen molar-refractivity contribution in [3.8, 4) is 5.75 Å². The molecular formula is C14H19ClF2N2O2. The van der Waals surface area contributed by atoms with Crippen molar-refractivity contribution < 1.29 is 18.3 Å². The second-order valence-corrected chi connectivity index (χ2v) is 4.94. The second kappa shape index (κ2) is 8.14. The molecular weight excluding hydrogens is 302 g/mol. The van der Waals surface area contributed by atoms with Crippen molar-refractivity contribution in [2.24, 2.45) is 5.73 Å². The van der Waals surface area contributed by atoms with E-state index in [0.29, 0.717) is 6.54 Å². The maximum atomic E-state index is 12.1. The molecule has 1 saturated heterocycles. The van der Waals surface area contributed by atoms with Crippen molar-refractivity contribution >= 4 is 18.3 Å². The second-order valence-electron chi connectivity index (χ2n) is 4.94. The Balaban J connectivity index is 0.00000220. The summed E-state index contributed by atoms with van der Waals surface area (Å²) in [5.41, 5.74) is 6.61. The van der Waals surface area contributed by atoms with Gasteiger partial charge in [0.25, 0.3) is 0 Å². The van der Waals surface area contributed by atoms with E-state index in [0.717, 1.165) is 24.9 Å². The molecule has 1 atom stereocenters. The molecule has 1 fully saturated rings. The first kappa shape index (κ1) is 17.7. The molecule has 7 heteroatoms. The Bertz CT molecular complexity index is 457. The zero-order chi connectivity index (χ0) is 14.5. The van der Waals surface area contributed by atoms with Crippen molar-refractivity contribution in [3.05, 3.63) is 29.8 Å². The maximum Gasteiger partial charge on any atom is 0.387 e. The first-order valence-electron chi connectivity index (χ1n) is 6.61. The molecule has 2 rings (SSSR count). The third-order valence-electron chi connectivity index (χ3n) is 3.31. The zero-order valence-corrected chi connectivity index (χ0v) is 12.3. The molecule has 1 unspecified atom stereocenters. The Kier molecular flexibility index (Phi) is 6.84. The monoisotopic (exact) mass is 320 g/mol. The maximum absolute atomic E-state index is 12.1. The van der Waals surface area contributed by atoms with Gasteiger partial charge in [-0.15, -0.1) is 12.4 Å². The van der Waals surface area contributed by atoms with E-state index in [1.165, 1.54) is 12.1 Å². The molecule has 0 saturated carbocycles. The fourth-order valence-corrected chi connectivity index (χ4v) is 2.31. The summed E-state index contributed by atoms with van der Waals surface area (Å²) in [6.45, 7) is -1.51. The predicted molar refractivity (Wildman–Crippen MR) is 77.8 cm³/mol. The molecule has 0 spiro atoms. The minimum Gasteiger partial charge on any atom is -0.435 e. The van der Waals surface area contributed by atoms with Crippen molar-refractivity contribution in [2.45, 2.75) is 31.9 Å². The minimum absolute atomic E-state index is 0. The molecule has 1 aromatic rings. The first-order chi connectivity index (χ1) is 9.54. The Hall–Kier alpha value is -1.40.